The fourth-order valence-electron chi connectivity index (χ4n) is 2.43. The lowest BCUT2D eigenvalue weighted by atomic mass is 10.2. The second-order valence-corrected chi connectivity index (χ2v) is 5.49. The number of aromatic hydroxyl groups is 1. The molecule has 0 fully saturated rings. The monoisotopic (exact) mass is 367 g/mol. The van der Waals surface area contributed by atoms with Crippen molar-refractivity contribution in [2.24, 2.45) is 4.99 Å². The van der Waals surface area contributed by atoms with Crippen LogP contribution in [0.3, 0.4) is 0 Å². The Bertz CT molecular complexity index is 1080. The summed E-state index contributed by atoms with van der Waals surface area (Å²) in [6.45, 7) is 0. The molecule has 3 aromatic rings. The normalized spacial score (nSPS) is 10.9. The van der Waals surface area contributed by atoms with Gasteiger partial charge < -0.3 is 14.6 Å². The second-order valence-electron chi connectivity index (χ2n) is 5.49. The predicted molar refractivity (Wildman–Crippen MR) is 101 cm³/mol. The van der Waals surface area contributed by atoms with Crippen molar-refractivity contribution >= 4 is 11.9 Å². The summed E-state index contributed by atoms with van der Waals surface area (Å²) in [6.07, 6.45) is 1.20. The summed E-state index contributed by atoms with van der Waals surface area (Å²) in [5.74, 6) is 0.755. The molecule has 0 aliphatic rings. The minimum Gasteiger partial charge on any atom is -0.497 e. The molecule has 0 amide bonds. The number of H-pyrrole nitrogens is 1. The van der Waals surface area contributed by atoms with Gasteiger partial charge in [0.1, 0.15) is 17.1 Å². The van der Waals surface area contributed by atoms with Crippen LogP contribution in [0, 0.1) is 0 Å². The summed E-state index contributed by atoms with van der Waals surface area (Å²) in [5, 5.41) is 10.5. The predicted octanol–water partition coefficient (Wildman–Crippen LogP) is 2.00. The summed E-state index contributed by atoms with van der Waals surface area (Å²) < 4.78 is 11.1. The highest BCUT2D eigenvalue weighted by Crippen LogP contribution is 2.20. The standard InChI is InChI=1S/C19H17N3O5/c1-26-14-7-3-12(4-8-14)20-11-16-17(23)21-19(25)22(18(16)24)13-5-9-15(27-2)10-6-13/h3-11,24H,1-2H3,(H,21,23,25). The van der Waals surface area contributed by atoms with E-state index in [1.54, 1.807) is 55.6 Å². The molecule has 0 aliphatic heterocycles. The van der Waals surface area contributed by atoms with E-state index in [1.165, 1.54) is 13.3 Å². The van der Waals surface area contributed by atoms with Crippen molar-refractivity contribution in [3.05, 3.63) is 74.9 Å². The van der Waals surface area contributed by atoms with E-state index in [9.17, 15) is 14.7 Å². The van der Waals surface area contributed by atoms with Gasteiger partial charge in [0.2, 0.25) is 5.88 Å². The topological polar surface area (TPSA) is 106 Å². The number of aliphatic imine (C=N–C) groups is 1. The van der Waals surface area contributed by atoms with Crippen LogP contribution in [0.25, 0.3) is 5.69 Å². The molecule has 0 unspecified atom stereocenters. The zero-order valence-corrected chi connectivity index (χ0v) is 14.7. The minimum absolute atomic E-state index is 0.138. The lowest BCUT2D eigenvalue weighted by molar-refractivity contribution is 0.414. The van der Waals surface area contributed by atoms with Crippen LogP contribution in [0.2, 0.25) is 0 Å². The van der Waals surface area contributed by atoms with Gasteiger partial charge in [0.15, 0.2) is 0 Å². The van der Waals surface area contributed by atoms with Gasteiger partial charge in [0, 0.05) is 6.21 Å². The summed E-state index contributed by atoms with van der Waals surface area (Å²) in [6, 6.07) is 13.3. The lowest BCUT2D eigenvalue weighted by Gasteiger charge is -2.10. The molecule has 0 saturated carbocycles. The third-order valence-corrected chi connectivity index (χ3v) is 3.87. The molecule has 0 spiro atoms. The van der Waals surface area contributed by atoms with Crippen LogP contribution >= 0.6 is 0 Å². The van der Waals surface area contributed by atoms with Crippen molar-refractivity contribution in [2.45, 2.75) is 0 Å². The van der Waals surface area contributed by atoms with E-state index < -0.39 is 17.1 Å². The van der Waals surface area contributed by atoms with Crippen LogP contribution in [0.5, 0.6) is 17.4 Å². The Morgan fingerprint density at radius 1 is 0.963 bits per heavy atom. The number of hydrogen-bond donors (Lipinski definition) is 2. The molecule has 0 aliphatic carbocycles. The van der Waals surface area contributed by atoms with Gasteiger partial charge in [-0.05, 0) is 48.5 Å². The van der Waals surface area contributed by atoms with Crippen molar-refractivity contribution in [2.75, 3.05) is 14.2 Å². The number of aromatic nitrogens is 2. The summed E-state index contributed by atoms with van der Waals surface area (Å²) >= 11 is 0. The molecule has 138 valence electrons. The van der Waals surface area contributed by atoms with Gasteiger partial charge in [0.05, 0.1) is 25.6 Å². The molecule has 8 heteroatoms. The van der Waals surface area contributed by atoms with E-state index >= 15 is 0 Å². The molecule has 8 nitrogen and oxygen atoms in total. The van der Waals surface area contributed by atoms with Crippen LogP contribution in [0.15, 0.2) is 63.1 Å². The lowest BCUT2D eigenvalue weighted by Crippen LogP contribution is -2.31. The van der Waals surface area contributed by atoms with Crippen molar-refractivity contribution in [1.82, 2.24) is 9.55 Å². The third kappa shape index (κ3) is 3.74. The maximum atomic E-state index is 12.2. The van der Waals surface area contributed by atoms with E-state index in [0.717, 1.165) is 4.57 Å². The minimum atomic E-state index is -0.760. The summed E-state index contributed by atoms with van der Waals surface area (Å²) in [5.41, 5.74) is -0.713. The molecule has 0 bridgehead atoms. The maximum Gasteiger partial charge on any atom is 0.335 e. The number of aromatic amines is 1. The summed E-state index contributed by atoms with van der Waals surface area (Å²) in [7, 11) is 3.07. The molecule has 0 atom stereocenters. The van der Waals surface area contributed by atoms with Gasteiger partial charge in [-0.25, -0.2) is 9.36 Å². The van der Waals surface area contributed by atoms with Gasteiger partial charge in [-0.15, -0.1) is 0 Å². The van der Waals surface area contributed by atoms with Crippen LogP contribution in [-0.4, -0.2) is 35.1 Å². The van der Waals surface area contributed by atoms with Crippen molar-refractivity contribution in [1.29, 1.82) is 0 Å². The van der Waals surface area contributed by atoms with Crippen LogP contribution in [-0.2, 0) is 0 Å². The SMILES string of the molecule is COc1ccc(N=Cc2c(O)n(-c3ccc(OC)cc3)c(=O)[nH]c2=O)cc1. The molecule has 0 radical (unpaired) electrons. The number of ether oxygens (including phenoxy) is 2. The molecule has 27 heavy (non-hydrogen) atoms. The average molecular weight is 367 g/mol. The number of nitrogens with one attached hydrogen (secondary N) is 1. The Morgan fingerprint density at radius 2 is 1.52 bits per heavy atom. The van der Waals surface area contributed by atoms with Gasteiger partial charge in [-0.2, -0.15) is 0 Å². The van der Waals surface area contributed by atoms with E-state index in [2.05, 4.69) is 9.98 Å². The molecule has 0 saturated heterocycles. The Labute approximate surface area is 154 Å². The molecule has 1 heterocycles. The highest BCUT2D eigenvalue weighted by Gasteiger charge is 2.14. The number of nitrogens with zero attached hydrogens (tertiary/aromatic N) is 2. The highest BCUT2D eigenvalue weighted by molar-refractivity contribution is 5.84. The first-order valence-electron chi connectivity index (χ1n) is 7.94. The average Bonchev–Trinajstić information content (AvgIpc) is 2.68. The van der Waals surface area contributed by atoms with Crippen molar-refractivity contribution < 1.29 is 14.6 Å². The number of hydrogen-bond acceptors (Lipinski definition) is 6. The van der Waals surface area contributed by atoms with E-state index in [4.69, 9.17) is 9.47 Å². The first kappa shape index (κ1) is 18.0. The number of rotatable bonds is 5. The molecular weight excluding hydrogens is 350 g/mol. The zero-order valence-electron chi connectivity index (χ0n) is 14.7. The van der Waals surface area contributed by atoms with Gasteiger partial charge in [-0.3, -0.25) is 14.8 Å². The van der Waals surface area contributed by atoms with Gasteiger partial charge >= 0.3 is 5.69 Å². The molecule has 2 N–H and O–H groups in total. The zero-order chi connectivity index (χ0) is 19.4. The Kier molecular flexibility index (Phi) is 5.07. The fraction of sp³-hybridized carbons (Fsp3) is 0.105. The molecule has 1 aromatic heterocycles. The van der Waals surface area contributed by atoms with Crippen molar-refractivity contribution in [3.63, 3.8) is 0 Å². The highest BCUT2D eigenvalue weighted by atomic mass is 16.5. The molecule has 2 aromatic carbocycles. The maximum absolute atomic E-state index is 12.2. The van der Waals surface area contributed by atoms with Crippen LogP contribution in [0.1, 0.15) is 5.56 Å². The van der Waals surface area contributed by atoms with Gasteiger partial charge in [0.25, 0.3) is 5.56 Å². The quantitative estimate of drug-likeness (QED) is 0.671. The van der Waals surface area contributed by atoms with Crippen LogP contribution in [0.4, 0.5) is 5.69 Å². The third-order valence-electron chi connectivity index (χ3n) is 3.87. The number of benzene rings is 2. The smallest absolute Gasteiger partial charge is 0.335 e. The largest absolute Gasteiger partial charge is 0.497 e. The van der Waals surface area contributed by atoms with E-state index in [-0.39, 0.29) is 5.56 Å². The van der Waals surface area contributed by atoms with Crippen molar-refractivity contribution in [3.8, 4) is 23.1 Å². The first-order chi connectivity index (χ1) is 13.0. The Morgan fingerprint density at radius 3 is 2.07 bits per heavy atom. The molecular formula is C19H17N3O5. The van der Waals surface area contributed by atoms with E-state index in [0.29, 0.717) is 22.9 Å². The van der Waals surface area contributed by atoms with Crippen LogP contribution < -0.4 is 20.7 Å². The van der Waals surface area contributed by atoms with E-state index in [1.807, 2.05) is 0 Å². The Balaban J connectivity index is 2.03. The first-order valence-corrected chi connectivity index (χ1v) is 7.94. The molecule has 3 rings (SSSR count). The second kappa shape index (κ2) is 7.61. The number of methoxy groups -OCH3 is 2. The Hall–Kier alpha value is -3.81. The summed E-state index contributed by atoms with van der Waals surface area (Å²) in [4.78, 5) is 30.6. The fourth-order valence-corrected chi connectivity index (χ4v) is 2.43. The van der Waals surface area contributed by atoms with Gasteiger partial charge in [-0.1, -0.05) is 0 Å².